The Kier molecular flexibility index (Phi) is 6.66. The Bertz CT molecular complexity index is 115. The number of hydrogen-bond acceptors (Lipinski definition) is 3. The third-order valence-electron chi connectivity index (χ3n) is 1.30. The Labute approximate surface area is 73.3 Å². The highest BCUT2D eigenvalue weighted by Crippen LogP contribution is 1.99. The first-order valence-electron chi connectivity index (χ1n) is 3.82. The minimum Gasteiger partial charge on any atom is -0.302 e. The van der Waals surface area contributed by atoms with E-state index in [1.807, 2.05) is 19.0 Å². The van der Waals surface area contributed by atoms with Crippen LogP contribution in [0.5, 0.6) is 0 Å². The van der Waals surface area contributed by atoms with Crippen LogP contribution in [0.25, 0.3) is 0 Å². The van der Waals surface area contributed by atoms with Crippen LogP contribution in [0.3, 0.4) is 0 Å². The topological polar surface area (TPSA) is 20.3 Å². The fourth-order valence-corrected chi connectivity index (χ4v) is 1.28. The van der Waals surface area contributed by atoms with E-state index in [4.69, 9.17) is 0 Å². The molecule has 0 radical (unpaired) electrons. The van der Waals surface area contributed by atoms with Crippen molar-refractivity contribution >= 4 is 17.5 Å². The maximum Gasteiger partial charge on any atom is 0.146 e. The van der Waals surface area contributed by atoms with Crippen LogP contribution in [0, 0.1) is 0 Å². The molecule has 0 aromatic heterocycles. The number of rotatable bonds is 6. The van der Waals surface area contributed by atoms with E-state index in [-0.39, 0.29) is 0 Å². The minimum absolute atomic E-state index is 0.351. The first kappa shape index (κ1) is 11.0. The third kappa shape index (κ3) is 7.88. The molecular weight excluding hydrogens is 158 g/mol. The number of Topliss-reactive ketones (excluding diaryl/α,β-unsaturated/α-hetero) is 1. The van der Waals surface area contributed by atoms with Gasteiger partial charge in [-0.05, 0) is 32.5 Å². The zero-order valence-corrected chi connectivity index (χ0v) is 8.41. The van der Waals surface area contributed by atoms with Gasteiger partial charge in [-0.1, -0.05) is 0 Å². The minimum atomic E-state index is 0.351. The molecule has 0 saturated heterocycles. The lowest BCUT2D eigenvalue weighted by atomic mass is 10.2. The van der Waals surface area contributed by atoms with Crippen LogP contribution >= 0.6 is 11.8 Å². The van der Waals surface area contributed by atoms with Crippen molar-refractivity contribution in [3.05, 3.63) is 0 Å². The smallest absolute Gasteiger partial charge is 0.146 e. The average molecular weight is 175 g/mol. The number of thioether (sulfide) groups is 1. The molecule has 0 heterocycles. The van der Waals surface area contributed by atoms with Crippen molar-refractivity contribution < 1.29 is 4.79 Å². The second-order valence-corrected chi connectivity index (χ2v) is 3.86. The summed E-state index contributed by atoms with van der Waals surface area (Å²) in [4.78, 5) is 13.0. The number of carbonyl (C=O) groups is 1. The molecule has 2 nitrogen and oxygen atoms in total. The maximum atomic E-state index is 11.1. The van der Waals surface area contributed by atoms with E-state index in [1.165, 1.54) is 0 Å². The molecule has 0 aliphatic heterocycles. The Morgan fingerprint density at radius 2 is 2.09 bits per heavy atom. The van der Waals surface area contributed by atoms with Crippen LogP contribution in [0.2, 0.25) is 0 Å². The van der Waals surface area contributed by atoms with Crippen molar-refractivity contribution in [3.63, 3.8) is 0 Å². The Morgan fingerprint density at radius 1 is 1.45 bits per heavy atom. The van der Waals surface area contributed by atoms with Crippen molar-refractivity contribution in [3.8, 4) is 0 Å². The first-order valence-corrected chi connectivity index (χ1v) is 5.21. The molecule has 0 aliphatic rings. The normalized spacial score (nSPS) is 10.5. The summed E-state index contributed by atoms with van der Waals surface area (Å²) in [6.07, 6.45) is 3.82. The number of hydrogen-bond donors (Lipinski definition) is 0. The van der Waals surface area contributed by atoms with Crippen molar-refractivity contribution in [1.82, 2.24) is 4.90 Å². The summed E-state index contributed by atoms with van der Waals surface area (Å²) in [7, 11) is 3.85. The molecule has 0 amide bonds. The van der Waals surface area contributed by atoms with E-state index < -0.39 is 0 Å². The highest BCUT2D eigenvalue weighted by Gasteiger charge is 2.01. The summed E-state index contributed by atoms with van der Waals surface area (Å²) in [5.41, 5.74) is 0. The molecule has 66 valence electrons. The van der Waals surface area contributed by atoms with Gasteiger partial charge in [0, 0.05) is 6.42 Å². The van der Waals surface area contributed by atoms with Gasteiger partial charge in [-0.15, -0.1) is 0 Å². The molecule has 0 aliphatic carbocycles. The molecule has 0 aromatic carbocycles. The van der Waals surface area contributed by atoms with Gasteiger partial charge in [0.25, 0.3) is 0 Å². The van der Waals surface area contributed by atoms with E-state index >= 15 is 0 Å². The molecule has 0 aromatic rings. The standard InChI is InChI=1S/C8H17NOS/c1-9(2)7-8(10)5-4-6-11-3/h4-7H2,1-3H3. The lowest BCUT2D eigenvalue weighted by Crippen LogP contribution is -2.21. The average Bonchev–Trinajstić information content (AvgIpc) is 1.86. The molecule has 0 atom stereocenters. The van der Waals surface area contributed by atoms with Gasteiger partial charge < -0.3 is 4.90 Å². The third-order valence-corrected chi connectivity index (χ3v) is 1.99. The van der Waals surface area contributed by atoms with Gasteiger partial charge in [0.1, 0.15) is 5.78 Å². The SMILES string of the molecule is CSCCCC(=O)CN(C)C. The molecule has 11 heavy (non-hydrogen) atoms. The molecule has 0 N–H and O–H groups in total. The highest BCUT2D eigenvalue weighted by molar-refractivity contribution is 7.98. The largest absolute Gasteiger partial charge is 0.302 e. The van der Waals surface area contributed by atoms with Crippen LogP contribution in [0.1, 0.15) is 12.8 Å². The second kappa shape index (κ2) is 6.68. The van der Waals surface area contributed by atoms with Gasteiger partial charge in [0.2, 0.25) is 0 Å². The van der Waals surface area contributed by atoms with E-state index in [1.54, 1.807) is 11.8 Å². The van der Waals surface area contributed by atoms with E-state index in [2.05, 4.69) is 6.26 Å². The molecule has 0 spiro atoms. The summed E-state index contributed by atoms with van der Waals surface area (Å²) in [6.45, 7) is 0.592. The van der Waals surface area contributed by atoms with Crippen LogP contribution in [0.15, 0.2) is 0 Å². The Hall–Kier alpha value is -0.0200. The van der Waals surface area contributed by atoms with Crippen molar-refractivity contribution in [1.29, 1.82) is 0 Å². The fourth-order valence-electron chi connectivity index (χ4n) is 0.845. The van der Waals surface area contributed by atoms with Gasteiger partial charge in [-0.2, -0.15) is 11.8 Å². The second-order valence-electron chi connectivity index (χ2n) is 2.87. The lowest BCUT2D eigenvalue weighted by molar-refractivity contribution is -0.119. The molecular formula is C8H17NOS. The van der Waals surface area contributed by atoms with E-state index in [0.29, 0.717) is 12.3 Å². The fraction of sp³-hybridized carbons (Fsp3) is 0.875. The van der Waals surface area contributed by atoms with Crippen molar-refractivity contribution in [2.75, 3.05) is 32.6 Å². The molecule has 3 heteroatoms. The van der Waals surface area contributed by atoms with Gasteiger partial charge >= 0.3 is 0 Å². The van der Waals surface area contributed by atoms with Crippen LogP contribution in [0.4, 0.5) is 0 Å². The molecule has 0 saturated carbocycles. The summed E-state index contributed by atoms with van der Waals surface area (Å²) in [5.74, 6) is 1.45. The molecule has 0 fully saturated rings. The Morgan fingerprint density at radius 3 is 2.55 bits per heavy atom. The zero-order valence-electron chi connectivity index (χ0n) is 7.59. The predicted molar refractivity (Wildman–Crippen MR) is 51.2 cm³/mol. The van der Waals surface area contributed by atoms with Crippen LogP contribution in [-0.2, 0) is 4.79 Å². The summed E-state index contributed by atoms with van der Waals surface area (Å²) in [6, 6.07) is 0. The van der Waals surface area contributed by atoms with E-state index in [0.717, 1.165) is 18.6 Å². The number of ketones is 1. The summed E-state index contributed by atoms with van der Waals surface area (Å²) >= 11 is 1.80. The van der Waals surface area contributed by atoms with E-state index in [9.17, 15) is 4.79 Å². The van der Waals surface area contributed by atoms with Crippen LogP contribution < -0.4 is 0 Å². The summed E-state index contributed by atoms with van der Waals surface area (Å²) in [5, 5.41) is 0. The number of likely N-dealkylation sites (N-methyl/N-ethyl adjacent to an activating group) is 1. The van der Waals surface area contributed by atoms with Crippen molar-refractivity contribution in [2.45, 2.75) is 12.8 Å². The summed E-state index contributed by atoms with van der Waals surface area (Å²) < 4.78 is 0. The van der Waals surface area contributed by atoms with Crippen molar-refractivity contribution in [2.24, 2.45) is 0 Å². The van der Waals surface area contributed by atoms with Gasteiger partial charge in [0.05, 0.1) is 6.54 Å². The first-order chi connectivity index (χ1) is 5.16. The predicted octanol–water partition coefficient (Wildman–Crippen LogP) is 1.26. The van der Waals surface area contributed by atoms with Gasteiger partial charge in [-0.3, -0.25) is 4.79 Å². The zero-order chi connectivity index (χ0) is 8.69. The molecule has 0 bridgehead atoms. The maximum absolute atomic E-state index is 11.1. The Balaban J connectivity index is 3.23. The van der Waals surface area contributed by atoms with Crippen LogP contribution in [-0.4, -0.2) is 43.3 Å². The molecule has 0 rings (SSSR count). The lowest BCUT2D eigenvalue weighted by Gasteiger charge is -2.07. The number of nitrogens with zero attached hydrogens (tertiary/aromatic N) is 1. The molecule has 0 unspecified atom stereocenters. The monoisotopic (exact) mass is 175 g/mol. The van der Waals surface area contributed by atoms with Gasteiger partial charge in [-0.25, -0.2) is 0 Å². The van der Waals surface area contributed by atoms with Gasteiger partial charge in [0.15, 0.2) is 0 Å². The highest BCUT2D eigenvalue weighted by atomic mass is 32.2. The number of carbonyl (C=O) groups excluding carboxylic acids is 1. The quantitative estimate of drug-likeness (QED) is 0.567.